The number of ether oxygens (including phenoxy) is 1. The average Bonchev–Trinajstić information content (AvgIpc) is 2.90. The van der Waals surface area contributed by atoms with Crippen LogP contribution in [-0.2, 0) is 11.2 Å². The van der Waals surface area contributed by atoms with Crippen molar-refractivity contribution in [2.24, 2.45) is 5.92 Å². The maximum atomic E-state index is 11.6. The molecule has 3 heterocycles. The van der Waals surface area contributed by atoms with Crippen molar-refractivity contribution in [3.63, 3.8) is 0 Å². The lowest BCUT2D eigenvalue weighted by Crippen LogP contribution is -2.14. The Labute approximate surface area is 121 Å². The summed E-state index contributed by atoms with van der Waals surface area (Å²) in [4.78, 5) is 11.6. The predicted octanol–water partition coefficient (Wildman–Crippen LogP) is 2.20. The van der Waals surface area contributed by atoms with E-state index in [9.17, 15) is 4.79 Å². The van der Waals surface area contributed by atoms with Crippen LogP contribution in [0.3, 0.4) is 0 Å². The van der Waals surface area contributed by atoms with Crippen molar-refractivity contribution in [1.29, 1.82) is 0 Å². The molecule has 20 heavy (non-hydrogen) atoms. The van der Waals surface area contributed by atoms with Crippen molar-refractivity contribution in [2.75, 3.05) is 18.6 Å². The molecule has 0 unspecified atom stereocenters. The van der Waals surface area contributed by atoms with Gasteiger partial charge in [0.25, 0.3) is 0 Å². The number of carbonyl (C=O) groups is 1. The van der Waals surface area contributed by atoms with E-state index in [1.54, 1.807) is 18.3 Å². The summed E-state index contributed by atoms with van der Waals surface area (Å²) >= 11 is 2.02. The minimum atomic E-state index is -0.333. The predicted molar refractivity (Wildman–Crippen MR) is 78.1 cm³/mol. The Morgan fingerprint density at radius 2 is 2.20 bits per heavy atom. The first-order chi connectivity index (χ1) is 9.78. The summed E-state index contributed by atoms with van der Waals surface area (Å²) in [5.41, 5.74) is 1.30. The van der Waals surface area contributed by atoms with E-state index in [1.165, 1.54) is 31.5 Å². The van der Waals surface area contributed by atoms with E-state index in [1.807, 2.05) is 16.2 Å². The number of rotatable bonds is 3. The largest absolute Gasteiger partial charge is 0.465 e. The van der Waals surface area contributed by atoms with Crippen LogP contribution in [0.15, 0.2) is 18.3 Å². The van der Waals surface area contributed by atoms with Gasteiger partial charge < -0.3 is 4.74 Å². The number of methoxy groups -OCH3 is 1. The fourth-order valence-corrected chi connectivity index (χ4v) is 3.73. The second kappa shape index (κ2) is 5.83. The molecule has 0 aromatic carbocycles. The zero-order valence-corrected chi connectivity index (χ0v) is 12.2. The van der Waals surface area contributed by atoms with Gasteiger partial charge in [-0.1, -0.05) is 0 Å². The van der Waals surface area contributed by atoms with Crippen LogP contribution in [0.25, 0.3) is 5.65 Å². The van der Waals surface area contributed by atoms with Crippen LogP contribution >= 0.6 is 11.8 Å². The second-order valence-corrected chi connectivity index (χ2v) is 6.24. The van der Waals surface area contributed by atoms with Crippen molar-refractivity contribution < 1.29 is 9.53 Å². The molecule has 0 saturated carbocycles. The number of esters is 1. The summed E-state index contributed by atoms with van der Waals surface area (Å²) in [5.74, 6) is 3.73. The Morgan fingerprint density at radius 1 is 1.40 bits per heavy atom. The number of hydrogen-bond donors (Lipinski definition) is 0. The van der Waals surface area contributed by atoms with Crippen LogP contribution in [0.1, 0.15) is 29.0 Å². The lowest BCUT2D eigenvalue weighted by Gasteiger charge is -2.20. The van der Waals surface area contributed by atoms with Crippen molar-refractivity contribution in [1.82, 2.24) is 14.6 Å². The van der Waals surface area contributed by atoms with Crippen LogP contribution in [0.2, 0.25) is 0 Å². The number of pyridine rings is 1. The van der Waals surface area contributed by atoms with Gasteiger partial charge in [0.2, 0.25) is 0 Å². The molecule has 1 fully saturated rings. The van der Waals surface area contributed by atoms with Crippen LogP contribution in [-0.4, -0.2) is 39.2 Å². The normalized spacial score (nSPS) is 16.4. The first-order valence-corrected chi connectivity index (χ1v) is 7.93. The maximum Gasteiger partial charge on any atom is 0.339 e. The van der Waals surface area contributed by atoms with E-state index in [0.29, 0.717) is 11.5 Å². The summed E-state index contributed by atoms with van der Waals surface area (Å²) in [6.07, 6.45) is 5.16. The molecule has 0 N–H and O–H groups in total. The fourth-order valence-electron chi connectivity index (χ4n) is 2.52. The molecular weight excluding hydrogens is 274 g/mol. The topological polar surface area (TPSA) is 56.5 Å². The van der Waals surface area contributed by atoms with Gasteiger partial charge in [0.1, 0.15) is 5.82 Å². The Hall–Kier alpha value is -1.56. The van der Waals surface area contributed by atoms with Gasteiger partial charge in [0.05, 0.1) is 12.7 Å². The molecule has 0 bridgehead atoms. The summed E-state index contributed by atoms with van der Waals surface area (Å²) in [6.45, 7) is 0. The Morgan fingerprint density at radius 3 is 2.95 bits per heavy atom. The summed E-state index contributed by atoms with van der Waals surface area (Å²) in [6, 6.07) is 3.52. The van der Waals surface area contributed by atoms with Gasteiger partial charge in [0.15, 0.2) is 5.65 Å². The quantitative estimate of drug-likeness (QED) is 0.811. The maximum absolute atomic E-state index is 11.6. The minimum Gasteiger partial charge on any atom is -0.465 e. The van der Waals surface area contributed by atoms with Gasteiger partial charge in [-0.05, 0) is 42.4 Å². The van der Waals surface area contributed by atoms with Gasteiger partial charge in [-0.15, -0.1) is 10.2 Å². The first kappa shape index (κ1) is 13.4. The monoisotopic (exact) mass is 291 g/mol. The van der Waals surface area contributed by atoms with Crippen LogP contribution in [0.4, 0.5) is 0 Å². The summed E-state index contributed by atoms with van der Waals surface area (Å²) < 4.78 is 6.67. The molecule has 0 amide bonds. The van der Waals surface area contributed by atoms with E-state index < -0.39 is 0 Å². The Kier molecular flexibility index (Phi) is 3.91. The number of thioether (sulfide) groups is 1. The van der Waals surface area contributed by atoms with E-state index in [-0.39, 0.29) is 5.97 Å². The first-order valence-electron chi connectivity index (χ1n) is 6.77. The molecule has 2 aromatic rings. The number of aromatic nitrogens is 3. The zero-order chi connectivity index (χ0) is 13.9. The van der Waals surface area contributed by atoms with Crippen molar-refractivity contribution in [2.45, 2.75) is 19.3 Å². The number of hydrogen-bond acceptors (Lipinski definition) is 5. The minimum absolute atomic E-state index is 0.333. The number of nitrogens with zero attached hydrogens (tertiary/aromatic N) is 3. The second-order valence-electron chi connectivity index (χ2n) is 5.01. The highest BCUT2D eigenvalue weighted by Crippen LogP contribution is 2.25. The molecule has 1 aliphatic heterocycles. The van der Waals surface area contributed by atoms with Crippen molar-refractivity contribution >= 4 is 23.4 Å². The molecule has 0 atom stereocenters. The van der Waals surface area contributed by atoms with Gasteiger partial charge in [-0.3, -0.25) is 4.40 Å². The van der Waals surface area contributed by atoms with Crippen molar-refractivity contribution in [3.05, 3.63) is 29.7 Å². The molecule has 5 nitrogen and oxygen atoms in total. The molecule has 0 spiro atoms. The van der Waals surface area contributed by atoms with Gasteiger partial charge in [-0.2, -0.15) is 11.8 Å². The van der Waals surface area contributed by atoms with Gasteiger partial charge in [0, 0.05) is 12.6 Å². The van der Waals surface area contributed by atoms with Crippen molar-refractivity contribution in [3.8, 4) is 0 Å². The van der Waals surface area contributed by atoms with E-state index in [0.717, 1.165) is 17.9 Å². The molecule has 2 aromatic heterocycles. The molecule has 0 aliphatic carbocycles. The molecule has 1 aliphatic rings. The highest BCUT2D eigenvalue weighted by atomic mass is 32.2. The van der Waals surface area contributed by atoms with Gasteiger partial charge in [-0.25, -0.2) is 4.79 Å². The Bertz CT molecular complexity index is 620. The molecule has 1 saturated heterocycles. The number of fused-ring (bicyclic) bond motifs is 1. The lowest BCUT2D eigenvalue weighted by atomic mass is 9.98. The zero-order valence-electron chi connectivity index (χ0n) is 11.4. The smallest absolute Gasteiger partial charge is 0.339 e. The molecule has 0 radical (unpaired) electrons. The Balaban J connectivity index is 1.88. The third-order valence-corrected chi connectivity index (χ3v) is 4.75. The molecule has 3 rings (SSSR count). The average molecular weight is 291 g/mol. The van der Waals surface area contributed by atoms with Crippen LogP contribution in [0.5, 0.6) is 0 Å². The molecule has 6 heteroatoms. The third kappa shape index (κ3) is 2.65. The standard InChI is InChI=1S/C14H17N3O2S/c1-19-14(18)11-2-3-12-15-16-13(17(12)9-11)8-10-4-6-20-7-5-10/h2-3,9-10H,4-8H2,1H3. The molecular formula is C14H17N3O2S. The third-order valence-electron chi connectivity index (χ3n) is 3.71. The number of carbonyl (C=O) groups excluding carboxylic acids is 1. The highest BCUT2D eigenvalue weighted by molar-refractivity contribution is 7.99. The van der Waals surface area contributed by atoms with Crippen LogP contribution < -0.4 is 0 Å². The van der Waals surface area contributed by atoms with E-state index in [2.05, 4.69) is 10.2 Å². The van der Waals surface area contributed by atoms with Gasteiger partial charge >= 0.3 is 5.97 Å². The fraction of sp³-hybridized carbons (Fsp3) is 0.500. The van der Waals surface area contributed by atoms with Crippen LogP contribution in [0, 0.1) is 5.92 Å². The molecule has 106 valence electrons. The van der Waals surface area contributed by atoms with E-state index >= 15 is 0 Å². The lowest BCUT2D eigenvalue weighted by molar-refractivity contribution is 0.0600. The highest BCUT2D eigenvalue weighted by Gasteiger charge is 2.18. The SMILES string of the molecule is COC(=O)c1ccc2nnc(CC3CCSCC3)n2c1. The summed E-state index contributed by atoms with van der Waals surface area (Å²) in [7, 11) is 1.39. The van der Waals surface area contributed by atoms with E-state index in [4.69, 9.17) is 4.74 Å². The summed E-state index contributed by atoms with van der Waals surface area (Å²) in [5, 5.41) is 8.44.